The third-order valence-corrected chi connectivity index (χ3v) is 2.39. The third-order valence-electron chi connectivity index (χ3n) is 2.39. The fourth-order valence-electron chi connectivity index (χ4n) is 1.55. The van der Waals surface area contributed by atoms with E-state index in [0.29, 0.717) is 24.1 Å². The van der Waals surface area contributed by atoms with Crippen LogP contribution in [-0.2, 0) is 6.54 Å². The van der Waals surface area contributed by atoms with Crippen LogP contribution in [0.3, 0.4) is 0 Å². The van der Waals surface area contributed by atoms with Crippen LogP contribution in [0, 0.1) is 6.92 Å². The zero-order valence-electron chi connectivity index (χ0n) is 11.1. The van der Waals surface area contributed by atoms with Crippen LogP contribution in [0.5, 0.6) is 0 Å². The molecule has 2 aromatic rings. The minimum Gasteiger partial charge on any atom is -0.444 e. The van der Waals surface area contributed by atoms with E-state index >= 15 is 0 Å². The van der Waals surface area contributed by atoms with Crippen LogP contribution >= 0.6 is 0 Å². The van der Waals surface area contributed by atoms with Crippen molar-refractivity contribution in [1.29, 1.82) is 0 Å². The quantitative estimate of drug-likeness (QED) is 0.729. The maximum absolute atomic E-state index is 5.66. The van der Waals surface area contributed by atoms with E-state index in [-0.39, 0.29) is 5.95 Å². The second kappa shape index (κ2) is 6.03. The molecule has 0 aromatic carbocycles. The number of hydrogen-bond acceptors (Lipinski definition) is 7. The summed E-state index contributed by atoms with van der Waals surface area (Å²) < 4.78 is 5.37. The second-order valence-electron chi connectivity index (χ2n) is 4.14. The lowest BCUT2D eigenvalue weighted by Gasteiger charge is -2.08. The lowest BCUT2D eigenvalue weighted by atomic mass is 10.4. The summed E-state index contributed by atoms with van der Waals surface area (Å²) in [5.41, 5.74) is 5.66. The predicted octanol–water partition coefficient (Wildman–Crippen LogP) is 1.79. The van der Waals surface area contributed by atoms with Gasteiger partial charge in [-0.2, -0.15) is 9.97 Å². The summed E-state index contributed by atoms with van der Waals surface area (Å²) in [6.07, 6.45) is 2.70. The molecule has 0 saturated carbocycles. The molecule has 7 nitrogen and oxygen atoms in total. The van der Waals surface area contributed by atoms with Gasteiger partial charge >= 0.3 is 0 Å². The molecule has 19 heavy (non-hydrogen) atoms. The van der Waals surface area contributed by atoms with Crippen LogP contribution in [0.25, 0.3) is 0 Å². The Morgan fingerprint density at radius 2 is 2.00 bits per heavy atom. The molecule has 0 fully saturated rings. The number of aryl methyl sites for hydroxylation is 1. The first-order valence-corrected chi connectivity index (χ1v) is 6.21. The molecule has 102 valence electrons. The number of nitrogens with one attached hydrogen (secondary N) is 2. The van der Waals surface area contributed by atoms with Gasteiger partial charge in [0.1, 0.15) is 17.4 Å². The molecule has 0 radical (unpaired) electrons. The number of nitrogens with two attached hydrogens (primary N) is 1. The average Bonchev–Trinajstić information content (AvgIpc) is 2.79. The Morgan fingerprint density at radius 3 is 2.63 bits per heavy atom. The van der Waals surface area contributed by atoms with Crippen molar-refractivity contribution in [3.05, 3.63) is 23.9 Å². The Balaban J connectivity index is 2.01. The maximum Gasteiger partial charge on any atom is 0.223 e. The Bertz CT molecular complexity index is 539. The molecule has 2 heterocycles. The molecular formula is C12H18N6O. The third kappa shape index (κ3) is 3.84. The highest BCUT2D eigenvalue weighted by molar-refractivity contribution is 5.50. The van der Waals surface area contributed by atoms with Gasteiger partial charge in [0.2, 0.25) is 11.8 Å². The highest BCUT2D eigenvalue weighted by atomic mass is 16.4. The highest BCUT2D eigenvalue weighted by Gasteiger charge is 2.04. The molecule has 2 rings (SSSR count). The molecule has 0 atom stereocenters. The van der Waals surface area contributed by atoms with Gasteiger partial charge in [0.25, 0.3) is 0 Å². The van der Waals surface area contributed by atoms with Crippen LogP contribution in [0.15, 0.2) is 16.7 Å². The van der Waals surface area contributed by atoms with Crippen molar-refractivity contribution in [3.63, 3.8) is 0 Å². The van der Waals surface area contributed by atoms with E-state index in [0.717, 1.165) is 18.7 Å². The van der Waals surface area contributed by atoms with Gasteiger partial charge in [-0.15, -0.1) is 0 Å². The van der Waals surface area contributed by atoms with Gasteiger partial charge in [-0.05, 0) is 13.3 Å². The molecular weight excluding hydrogens is 244 g/mol. The van der Waals surface area contributed by atoms with Crippen LogP contribution in [0.1, 0.15) is 25.0 Å². The molecule has 4 N–H and O–H groups in total. The molecule has 0 aliphatic heterocycles. The highest BCUT2D eigenvalue weighted by Crippen LogP contribution is 2.13. The van der Waals surface area contributed by atoms with Crippen LogP contribution in [0.2, 0.25) is 0 Å². The van der Waals surface area contributed by atoms with Crippen molar-refractivity contribution in [2.75, 3.05) is 22.9 Å². The Hall–Kier alpha value is -2.31. The Morgan fingerprint density at radius 1 is 1.26 bits per heavy atom. The number of rotatable bonds is 6. The summed E-state index contributed by atoms with van der Waals surface area (Å²) in [5.74, 6) is 2.97. The van der Waals surface area contributed by atoms with Gasteiger partial charge in [-0.25, -0.2) is 4.98 Å². The predicted molar refractivity (Wildman–Crippen MR) is 73.8 cm³/mol. The molecule has 0 aliphatic rings. The first-order chi connectivity index (χ1) is 9.17. The minimum atomic E-state index is 0.229. The Labute approximate surface area is 111 Å². The summed E-state index contributed by atoms with van der Waals surface area (Å²) in [4.78, 5) is 12.3. The van der Waals surface area contributed by atoms with Crippen molar-refractivity contribution in [1.82, 2.24) is 15.0 Å². The van der Waals surface area contributed by atoms with E-state index in [4.69, 9.17) is 10.2 Å². The minimum absolute atomic E-state index is 0.229. The normalized spacial score (nSPS) is 10.4. The topological polar surface area (TPSA) is 102 Å². The number of oxazole rings is 1. The van der Waals surface area contributed by atoms with Crippen LogP contribution < -0.4 is 16.4 Å². The molecule has 0 saturated heterocycles. The largest absolute Gasteiger partial charge is 0.444 e. The van der Waals surface area contributed by atoms with E-state index in [1.165, 1.54) is 0 Å². The van der Waals surface area contributed by atoms with Crippen LogP contribution in [-0.4, -0.2) is 21.5 Å². The van der Waals surface area contributed by atoms with Gasteiger partial charge in [-0.3, -0.25) is 0 Å². The average molecular weight is 262 g/mol. The summed E-state index contributed by atoms with van der Waals surface area (Å²) in [7, 11) is 0. The summed E-state index contributed by atoms with van der Waals surface area (Å²) in [6.45, 7) is 5.24. The number of nitrogen functional groups attached to an aromatic ring is 1. The SMILES string of the molecule is CCCNc1cc(NCc2ncc(C)o2)nc(N)n1. The van der Waals surface area contributed by atoms with E-state index in [2.05, 4.69) is 32.5 Å². The standard InChI is InChI=1S/C12H18N6O/c1-3-4-14-9-5-10(18-12(13)17-9)15-7-11-16-6-8(2)19-11/h5-6H,3-4,7H2,1-2H3,(H4,13,14,15,17,18). The molecule has 0 aliphatic carbocycles. The molecule has 7 heteroatoms. The monoisotopic (exact) mass is 262 g/mol. The summed E-state index contributed by atoms with van der Waals surface area (Å²) in [6, 6.07) is 1.81. The smallest absolute Gasteiger partial charge is 0.223 e. The second-order valence-corrected chi connectivity index (χ2v) is 4.14. The maximum atomic E-state index is 5.66. The lowest BCUT2D eigenvalue weighted by Crippen LogP contribution is -2.08. The summed E-state index contributed by atoms with van der Waals surface area (Å²) in [5, 5.41) is 6.27. The number of aromatic nitrogens is 3. The van der Waals surface area contributed by atoms with Crippen molar-refractivity contribution in [3.8, 4) is 0 Å². The van der Waals surface area contributed by atoms with Gasteiger partial charge in [0.05, 0.1) is 12.7 Å². The molecule has 0 unspecified atom stereocenters. The van der Waals surface area contributed by atoms with E-state index in [9.17, 15) is 0 Å². The zero-order valence-corrected chi connectivity index (χ0v) is 11.1. The fourth-order valence-corrected chi connectivity index (χ4v) is 1.55. The van der Waals surface area contributed by atoms with E-state index in [1.54, 1.807) is 6.20 Å². The van der Waals surface area contributed by atoms with Crippen molar-refractivity contribution in [2.24, 2.45) is 0 Å². The number of hydrogen-bond donors (Lipinski definition) is 3. The fraction of sp³-hybridized carbons (Fsp3) is 0.417. The lowest BCUT2D eigenvalue weighted by molar-refractivity contribution is 0.479. The van der Waals surface area contributed by atoms with Crippen molar-refractivity contribution < 1.29 is 4.42 Å². The molecule has 2 aromatic heterocycles. The van der Waals surface area contributed by atoms with Crippen LogP contribution in [0.4, 0.5) is 17.6 Å². The van der Waals surface area contributed by atoms with Gasteiger partial charge in [0, 0.05) is 12.6 Å². The first kappa shape index (κ1) is 13.1. The van der Waals surface area contributed by atoms with Gasteiger partial charge in [0.15, 0.2) is 0 Å². The van der Waals surface area contributed by atoms with E-state index in [1.807, 2.05) is 13.0 Å². The molecule has 0 bridgehead atoms. The van der Waals surface area contributed by atoms with E-state index < -0.39 is 0 Å². The van der Waals surface area contributed by atoms with Crippen molar-refractivity contribution in [2.45, 2.75) is 26.8 Å². The Kier molecular flexibility index (Phi) is 4.17. The number of nitrogens with zero attached hydrogens (tertiary/aromatic N) is 3. The van der Waals surface area contributed by atoms with Gasteiger partial charge in [-0.1, -0.05) is 6.92 Å². The molecule has 0 amide bonds. The van der Waals surface area contributed by atoms with Crippen molar-refractivity contribution >= 4 is 17.6 Å². The zero-order chi connectivity index (χ0) is 13.7. The molecule has 0 spiro atoms. The number of anilines is 3. The first-order valence-electron chi connectivity index (χ1n) is 6.21. The summed E-state index contributed by atoms with van der Waals surface area (Å²) >= 11 is 0. The van der Waals surface area contributed by atoms with Gasteiger partial charge < -0.3 is 20.8 Å².